The molecule has 2 heterocycles. The predicted molar refractivity (Wildman–Crippen MR) is 175 cm³/mol. The van der Waals surface area contributed by atoms with Crippen LogP contribution in [-0.2, 0) is 23.1 Å². The van der Waals surface area contributed by atoms with E-state index >= 15 is 0 Å². The van der Waals surface area contributed by atoms with E-state index < -0.39 is 5.41 Å². The van der Waals surface area contributed by atoms with Gasteiger partial charge in [-0.3, -0.25) is 14.4 Å². The molecule has 1 saturated heterocycles. The monoisotopic (exact) mass is 637 g/mol. The number of aryl methyl sites for hydroxylation is 2. The second-order valence-corrected chi connectivity index (χ2v) is 13.8. The number of fused-ring (bicyclic) bond motifs is 3. The number of carbonyl (C=O) groups excluding carboxylic acids is 3. The number of aromatic nitrogens is 2. The number of nitrogens with one attached hydrogen (secondary N) is 1. The molecule has 0 spiro atoms. The molecule has 6 rings (SSSR count). The first-order valence-corrected chi connectivity index (χ1v) is 16.4. The van der Waals surface area contributed by atoms with Crippen LogP contribution in [0.25, 0.3) is 0 Å². The van der Waals surface area contributed by atoms with Gasteiger partial charge in [0.2, 0.25) is 17.7 Å². The van der Waals surface area contributed by atoms with E-state index in [1.165, 1.54) is 0 Å². The highest BCUT2D eigenvalue weighted by Gasteiger charge is 2.54. The van der Waals surface area contributed by atoms with Gasteiger partial charge in [0, 0.05) is 51.3 Å². The lowest BCUT2D eigenvalue weighted by atomic mass is 9.69. The fraction of sp³-hybridized carbons (Fsp3) is 0.500. The Morgan fingerprint density at radius 3 is 2.09 bits per heavy atom. The predicted octanol–water partition coefficient (Wildman–Crippen LogP) is 3.52. The molecule has 246 valence electrons. The number of nitriles is 1. The molecule has 47 heavy (non-hydrogen) atoms. The minimum atomic E-state index is -0.929. The summed E-state index contributed by atoms with van der Waals surface area (Å²) in [5, 5.41) is 22.1. The van der Waals surface area contributed by atoms with Crippen molar-refractivity contribution in [1.82, 2.24) is 30.2 Å². The first-order valence-electron chi connectivity index (χ1n) is 16.4. The Morgan fingerprint density at radius 1 is 0.979 bits per heavy atom. The molecular weight excluding hydrogens is 594 g/mol. The number of amides is 3. The lowest BCUT2D eigenvalue weighted by molar-refractivity contribution is -0.131. The van der Waals surface area contributed by atoms with Gasteiger partial charge in [-0.25, -0.2) is 0 Å². The average molecular weight is 638 g/mol. The van der Waals surface area contributed by atoms with Crippen LogP contribution < -0.4 is 5.32 Å². The van der Waals surface area contributed by atoms with Crippen molar-refractivity contribution >= 4 is 17.7 Å². The minimum absolute atomic E-state index is 0.00809. The van der Waals surface area contributed by atoms with Crippen LogP contribution >= 0.6 is 0 Å². The Balaban J connectivity index is 1.43. The van der Waals surface area contributed by atoms with E-state index in [2.05, 4.69) is 21.6 Å². The summed E-state index contributed by atoms with van der Waals surface area (Å²) >= 11 is 0. The van der Waals surface area contributed by atoms with E-state index in [-0.39, 0.29) is 42.3 Å². The molecule has 3 aliphatic rings. The van der Waals surface area contributed by atoms with E-state index in [1.807, 2.05) is 50.2 Å². The summed E-state index contributed by atoms with van der Waals surface area (Å²) < 4.78 is 6.49. The number of carbonyl (C=O) groups is 3. The Kier molecular flexibility index (Phi) is 8.66. The van der Waals surface area contributed by atoms with E-state index in [9.17, 15) is 19.6 Å². The van der Waals surface area contributed by atoms with Gasteiger partial charge in [-0.1, -0.05) is 26.0 Å². The van der Waals surface area contributed by atoms with Crippen molar-refractivity contribution in [3.63, 3.8) is 0 Å². The van der Waals surface area contributed by atoms with Gasteiger partial charge in [0.15, 0.2) is 0 Å². The second kappa shape index (κ2) is 12.6. The molecule has 3 atom stereocenters. The van der Waals surface area contributed by atoms with Gasteiger partial charge < -0.3 is 24.4 Å². The summed E-state index contributed by atoms with van der Waals surface area (Å²) in [5.74, 6) is 1.17. The molecule has 1 N–H and O–H groups in total. The van der Waals surface area contributed by atoms with Gasteiger partial charge >= 0.3 is 0 Å². The maximum atomic E-state index is 13.3. The zero-order valence-electron chi connectivity index (χ0n) is 28.0. The largest absolute Gasteiger partial charge is 0.424 e. The van der Waals surface area contributed by atoms with Crippen molar-refractivity contribution in [2.45, 2.75) is 69.4 Å². The number of nitrogens with zero attached hydrogens (tertiary/aromatic N) is 6. The smallest absolute Gasteiger partial charge is 0.253 e. The number of likely N-dealkylation sites (tertiary alicyclic amines) is 1. The van der Waals surface area contributed by atoms with Crippen molar-refractivity contribution < 1.29 is 18.8 Å². The third kappa shape index (κ3) is 5.80. The highest BCUT2D eigenvalue weighted by atomic mass is 16.4. The molecule has 1 saturated carbocycles. The van der Waals surface area contributed by atoms with Crippen molar-refractivity contribution in [1.29, 1.82) is 5.26 Å². The van der Waals surface area contributed by atoms with Crippen molar-refractivity contribution in [2.24, 2.45) is 5.92 Å². The number of hydrogen-bond acceptors (Lipinski definition) is 8. The topological polar surface area (TPSA) is 136 Å². The van der Waals surface area contributed by atoms with E-state index in [1.54, 1.807) is 42.9 Å². The molecule has 0 unspecified atom stereocenters. The van der Waals surface area contributed by atoms with Gasteiger partial charge in [0.1, 0.15) is 11.5 Å². The van der Waals surface area contributed by atoms with Crippen molar-refractivity contribution in [3.05, 3.63) is 81.6 Å². The highest BCUT2D eigenvalue weighted by molar-refractivity contribution is 5.95. The molecule has 11 nitrogen and oxygen atoms in total. The van der Waals surface area contributed by atoms with E-state index in [0.29, 0.717) is 54.6 Å². The fourth-order valence-corrected chi connectivity index (χ4v) is 7.37. The van der Waals surface area contributed by atoms with Crippen LogP contribution in [0.3, 0.4) is 0 Å². The first-order chi connectivity index (χ1) is 22.5. The summed E-state index contributed by atoms with van der Waals surface area (Å²) in [4.78, 5) is 44.3. The molecule has 3 aromatic rings. The molecule has 11 heteroatoms. The lowest BCUT2D eigenvalue weighted by Crippen LogP contribution is -2.44. The Morgan fingerprint density at radius 2 is 1.57 bits per heavy atom. The maximum Gasteiger partial charge on any atom is 0.253 e. The maximum absolute atomic E-state index is 13.3. The Hall–Kier alpha value is -4.56. The normalized spacial score (nSPS) is 20.5. The van der Waals surface area contributed by atoms with Gasteiger partial charge in [0.05, 0.1) is 12.6 Å². The molecule has 1 aliphatic heterocycles. The zero-order valence-corrected chi connectivity index (χ0v) is 28.0. The Labute approximate surface area is 275 Å². The molecule has 0 bridgehead atoms. The summed E-state index contributed by atoms with van der Waals surface area (Å²) in [6, 6.07) is 13.8. The van der Waals surface area contributed by atoms with Crippen LogP contribution in [0.15, 0.2) is 40.8 Å². The van der Waals surface area contributed by atoms with Gasteiger partial charge in [-0.15, -0.1) is 10.2 Å². The van der Waals surface area contributed by atoms with E-state index in [4.69, 9.17) is 4.42 Å². The molecule has 2 fully saturated rings. The fourth-order valence-electron chi connectivity index (χ4n) is 7.37. The summed E-state index contributed by atoms with van der Waals surface area (Å²) in [6.45, 7) is 4.55. The molecule has 3 amide bonds. The molecule has 0 radical (unpaired) electrons. The Bertz CT molecular complexity index is 1680. The lowest BCUT2D eigenvalue weighted by Gasteiger charge is -2.34. The molecule has 2 aliphatic carbocycles. The van der Waals surface area contributed by atoms with Crippen LogP contribution in [0.1, 0.15) is 93.8 Å². The molecule has 2 aromatic carbocycles. The van der Waals surface area contributed by atoms with Crippen LogP contribution in [0.4, 0.5) is 0 Å². The van der Waals surface area contributed by atoms with Crippen molar-refractivity contribution in [3.8, 4) is 6.07 Å². The number of piperidine rings is 1. The molecule has 1 aromatic heterocycles. The summed E-state index contributed by atoms with van der Waals surface area (Å²) in [5.41, 5.74) is 4.13. The van der Waals surface area contributed by atoms with Gasteiger partial charge in [-0.2, -0.15) is 5.26 Å². The van der Waals surface area contributed by atoms with Crippen molar-refractivity contribution in [2.75, 3.05) is 41.3 Å². The van der Waals surface area contributed by atoms with Gasteiger partial charge in [-0.05, 0) is 91.1 Å². The van der Waals surface area contributed by atoms with Crippen LogP contribution in [0.2, 0.25) is 0 Å². The number of rotatable bonds is 9. The zero-order chi connectivity index (χ0) is 33.6. The molecular formula is C36H43N7O4. The standard InChI is InChI=1S/C36H43N7O4/c1-21(2)32-39-40-35(47-32)36(13-14-38-20-31(44)43-27(19-37)17-26-18-30(26)43)28-11-9-24(33(45)41(3)4)15-22(28)7-8-23-16-25(10-12-29(23)36)34(46)42(5)6/h9-12,15-16,21,26-27,30,38H,7-8,13-14,17-18,20H2,1-6H3/t26-,27+,30+/m1/s1. The number of benzene rings is 2. The van der Waals surface area contributed by atoms with Crippen LogP contribution in [0, 0.1) is 17.2 Å². The van der Waals surface area contributed by atoms with Crippen LogP contribution in [-0.4, -0.2) is 96.0 Å². The van der Waals surface area contributed by atoms with E-state index in [0.717, 1.165) is 35.1 Å². The van der Waals surface area contributed by atoms with Gasteiger partial charge in [0.25, 0.3) is 11.8 Å². The van der Waals surface area contributed by atoms with Crippen LogP contribution in [0.5, 0.6) is 0 Å². The summed E-state index contributed by atoms with van der Waals surface area (Å²) in [6.07, 6.45) is 3.49. The summed E-state index contributed by atoms with van der Waals surface area (Å²) in [7, 11) is 6.95. The first kappa shape index (κ1) is 32.4. The average Bonchev–Trinajstić information content (AvgIpc) is 3.47. The SMILES string of the molecule is CC(C)c1nnc(C2(CCNCC(=O)N3[C@H](C#N)C[C@@H]4C[C@@H]43)c3ccc(C(=O)N(C)C)cc3CCc3cc(C(=O)N(C)C)ccc32)o1. The third-order valence-corrected chi connectivity index (χ3v) is 9.89. The number of hydrogen-bond donors (Lipinski definition) is 1. The second-order valence-electron chi connectivity index (χ2n) is 13.8. The quantitative estimate of drug-likeness (QED) is 0.352. The third-order valence-electron chi connectivity index (χ3n) is 9.89. The highest BCUT2D eigenvalue weighted by Crippen LogP contribution is 2.48. The minimum Gasteiger partial charge on any atom is -0.424 e.